The first-order valence-corrected chi connectivity index (χ1v) is 5.28. The molecule has 1 heterocycles. The topological polar surface area (TPSA) is 44.3 Å². The molecule has 1 fully saturated rings. The predicted octanol–water partition coefficient (Wildman–Crippen LogP) is 0.296. The molecule has 3 nitrogen and oxygen atoms in total. The molecule has 4 heteroatoms. The first-order valence-electron chi connectivity index (χ1n) is 3.96. The quantitative estimate of drug-likeness (QED) is 0.628. The molecule has 0 bridgehead atoms. The summed E-state index contributed by atoms with van der Waals surface area (Å²) in [4.78, 5) is 0. The number of hydrogen-bond donors (Lipinski definition) is 1. The number of hydrogen-bond acceptors (Lipinski definition) is 3. The van der Waals surface area contributed by atoms with Crippen LogP contribution >= 0.6 is 0 Å². The molecule has 1 N–H and O–H groups in total. The molecule has 0 radical (unpaired) electrons. The summed E-state index contributed by atoms with van der Waals surface area (Å²) in [6, 6.07) is 0. The zero-order valence-corrected chi connectivity index (χ0v) is 7.65. The van der Waals surface area contributed by atoms with Gasteiger partial charge in [0.15, 0.2) is 0 Å². The van der Waals surface area contributed by atoms with Gasteiger partial charge < -0.3 is 9.29 Å². The number of ether oxygens (including phenoxy) is 1. The summed E-state index contributed by atoms with van der Waals surface area (Å²) in [5.74, 6) is 1.40. The van der Waals surface area contributed by atoms with Crippen LogP contribution in [0.4, 0.5) is 0 Å². The molecule has 0 aromatic heterocycles. The monoisotopic (exact) mass is 177 g/mol. The summed E-state index contributed by atoms with van der Waals surface area (Å²) in [6.45, 7) is 1.75. The Balaban J connectivity index is 2.01. The maximum Gasteiger partial charge on any atom is 0.125 e. The molecule has 2 atom stereocenters. The van der Waals surface area contributed by atoms with Crippen LogP contribution in [0.3, 0.4) is 0 Å². The van der Waals surface area contributed by atoms with Crippen LogP contribution in [-0.4, -0.2) is 30.6 Å². The molecular weight excluding hydrogens is 162 g/mol. The van der Waals surface area contributed by atoms with E-state index in [1.54, 1.807) is 7.05 Å². The molecule has 1 rings (SSSR count). The predicted molar refractivity (Wildman–Crippen MR) is 45.6 cm³/mol. The van der Waals surface area contributed by atoms with Gasteiger partial charge in [-0.3, -0.25) is 0 Å². The average Bonchev–Trinajstić information content (AvgIpc) is 2.52. The second-order valence-corrected chi connectivity index (χ2v) is 4.28. The lowest BCUT2D eigenvalue weighted by Crippen LogP contribution is -2.23. The molecule has 0 saturated carbocycles. The Morgan fingerprint density at radius 2 is 2.55 bits per heavy atom. The Morgan fingerprint density at radius 1 is 1.73 bits per heavy atom. The molecule has 1 aliphatic heterocycles. The maximum absolute atomic E-state index is 10.9. The van der Waals surface area contributed by atoms with Crippen LogP contribution in [-0.2, 0) is 16.1 Å². The van der Waals surface area contributed by atoms with E-state index in [4.69, 9.17) is 4.74 Å². The Morgan fingerprint density at radius 3 is 3.09 bits per heavy atom. The van der Waals surface area contributed by atoms with Gasteiger partial charge in [0.25, 0.3) is 0 Å². The van der Waals surface area contributed by atoms with Gasteiger partial charge in [0.05, 0.1) is 0 Å². The van der Waals surface area contributed by atoms with Gasteiger partial charge in [-0.25, -0.2) is 0 Å². The molecule has 0 aromatic carbocycles. The van der Waals surface area contributed by atoms with E-state index in [-0.39, 0.29) is 0 Å². The van der Waals surface area contributed by atoms with Crippen molar-refractivity contribution in [3.05, 3.63) is 0 Å². The standard InChI is InChI=1S/C7H15NO2S/c1-8-11(9)5-3-7-2-4-10-6-7/h7-8H,2-6H2,1H3. The Labute approximate surface area is 70.8 Å². The van der Waals surface area contributed by atoms with Crippen LogP contribution in [0.15, 0.2) is 0 Å². The molecule has 11 heavy (non-hydrogen) atoms. The Kier molecular flexibility index (Phi) is 4.22. The summed E-state index contributed by atoms with van der Waals surface area (Å²) in [7, 11) is 1.72. The second kappa shape index (κ2) is 4.98. The third-order valence-electron chi connectivity index (χ3n) is 1.96. The maximum atomic E-state index is 10.9. The van der Waals surface area contributed by atoms with Gasteiger partial charge in [-0.2, -0.15) is 0 Å². The van der Waals surface area contributed by atoms with Crippen molar-refractivity contribution in [1.29, 1.82) is 0 Å². The highest BCUT2D eigenvalue weighted by molar-refractivity contribution is 7.89. The first-order chi connectivity index (χ1) is 5.33. The minimum absolute atomic E-state index is 0.646. The molecule has 0 aromatic rings. The van der Waals surface area contributed by atoms with Gasteiger partial charge >= 0.3 is 0 Å². The second-order valence-electron chi connectivity index (χ2n) is 2.77. The van der Waals surface area contributed by atoms with E-state index in [2.05, 4.69) is 4.72 Å². The molecule has 1 aliphatic rings. The zero-order valence-electron chi connectivity index (χ0n) is 6.84. The van der Waals surface area contributed by atoms with Crippen LogP contribution in [0.2, 0.25) is 0 Å². The lowest BCUT2D eigenvalue weighted by molar-refractivity contribution is 0.185. The highest BCUT2D eigenvalue weighted by Crippen LogP contribution is 2.16. The van der Waals surface area contributed by atoms with Crippen molar-refractivity contribution in [3.63, 3.8) is 0 Å². The lowest BCUT2D eigenvalue weighted by atomic mass is 10.1. The van der Waals surface area contributed by atoms with Crippen molar-refractivity contribution in [2.45, 2.75) is 12.8 Å². The highest BCUT2D eigenvalue weighted by atomic mass is 32.2. The number of rotatable bonds is 4. The molecule has 66 valence electrons. The summed E-state index contributed by atoms with van der Waals surface area (Å²) >= 11 is -0.829. The SMILES string of the molecule is CN[S+]([O-])CCC1CCOC1. The van der Waals surface area contributed by atoms with Crippen LogP contribution in [0.1, 0.15) is 12.8 Å². The van der Waals surface area contributed by atoms with Crippen molar-refractivity contribution in [2.75, 3.05) is 26.0 Å². The fraction of sp³-hybridized carbons (Fsp3) is 1.00. The summed E-state index contributed by atoms with van der Waals surface area (Å²) in [5.41, 5.74) is 0. The van der Waals surface area contributed by atoms with Crippen LogP contribution in [0.5, 0.6) is 0 Å². The third kappa shape index (κ3) is 3.42. The van der Waals surface area contributed by atoms with Crippen LogP contribution in [0.25, 0.3) is 0 Å². The zero-order chi connectivity index (χ0) is 8.10. The van der Waals surface area contributed by atoms with E-state index in [1.165, 1.54) is 0 Å². The summed E-state index contributed by atoms with van der Waals surface area (Å²) in [6.07, 6.45) is 2.16. The van der Waals surface area contributed by atoms with E-state index in [9.17, 15) is 4.55 Å². The van der Waals surface area contributed by atoms with Gasteiger partial charge in [0, 0.05) is 31.6 Å². The molecular formula is C7H15NO2S. The average molecular weight is 177 g/mol. The first kappa shape index (κ1) is 9.32. The minimum Gasteiger partial charge on any atom is -0.598 e. The largest absolute Gasteiger partial charge is 0.598 e. The Hall–Kier alpha value is 0.230. The van der Waals surface area contributed by atoms with Crippen molar-refractivity contribution in [3.8, 4) is 0 Å². The molecule has 0 aliphatic carbocycles. The molecule has 0 spiro atoms. The lowest BCUT2D eigenvalue weighted by Gasteiger charge is -2.10. The number of nitrogens with one attached hydrogen (secondary N) is 1. The normalized spacial score (nSPS) is 27.3. The van der Waals surface area contributed by atoms with Gasteiger partial charge in [0.2, 0.25) is 0 Å². The van der Waals surface area contributed by atoms with Crippen LogP contribution < -0.4 is 4.72 Å². The van der Waals surface area contributed by atoms with E-state index in [1.807, 2.05) is 0 Å². The molecule has 1 saturated heterocycles. The smallest absolute Gasteiger partial charge is 0.125 e. The van der Waals surface area contributed by atoms with Crippen molar-refractivity contribution < 1.29 is 9.29 Å². The minimum atomic E-state index is -0.829. The van der Waals surface area contributed by atoms with Gasteiger partial charge in [-0.1, -0.05) is 0 Å². The van der Waals surface area contributed by atoms with Crippen molar-refractivity contribution in [1.82, 2.24) is 4.72 Å². The fourth-order valence-electron chi connectivity index (χ4n) is 1.19. The summed E-state index contributed by atoms with van der Waals surface area (Å²) in [5, 5.41) is 0. The van der Waals surface area contributed by atoms with Crippen molar-refractivity contribution >= 4 is 11.4 Å². The van der Waals surface area contributed by atoms with Gasteiger partial charge in [-0.15, -0.1) is 4.72 Å². The fourth-order valence-corrected chi connectivity index (χ4v) is 1.94. The van der Waals surface area contributed by atoms with Gasteiger partial charge in [0.1, 0.15) is 5.75 Å². The molecule has 0 amide bonds. The van der Waals surface area contributed by atoms with E-state index in [0.29, 0.717) is 5.92 Å². The molecule has 2 unspecified atom stereocenters. The van der Waals surface area contributed by atoms with E-state index in [0.717, 1.165) is 31.8 Å². The van der Waals surface area contributed by atoms with E-state index >= 15 is 0 Å². The van der Waals surface area contributed by atoms with Gasteiger partial charge in [-0.05, 0) is 18.8 Å². The Bertz CT molecular complexity index is 107. The highest BCUT2D eigenvalue weighted by Gasteiger charge is 2.17. The van der Waals surface area contributed by atoms with Crippen LogP contribution in [0, 0.1) is 5.92 Å². The third-order valence-corrected chi connectivity index (χ3v) is 3.02. The summed E-state index contributed by atoms with van der Waals surface area (Å²) < 4.78 is 18.9. The van der Waals surface area contributed by atoms with Crippen molar-refractivity contribution in [2.24, 2.45) is 5.92 Å². The van der Waals surface area contributed by atoms with E-state index < -0.39 is 11.4 Å².